The number of nitrogens with zero attached hydrogens (tertiary/aromatic N) is 1. The number of hydrogen-bond acceptors (Lipinski definition) is 5. The van der Waals surface area contributed by atoms with Gasteiger partial charge in [0, 0.05) is 29.8 Å². The summed E-state index contributed by atoms with van der Waals surface area (Å²) in [5.74, 6) is 6.00. The molecule has 2 heterocycles. The predicted molar refractivity (Wildman–Crippen MR) is 132 cm³/mol. The van der Waals surface area contributed by atoms with E-state index in [4.69, 9.17) is 4.74 Å². The minimum atomic E-state index is -0.619. The largest absolute Gasteiger partial charge is 0.465 e. The Morgan fingerprint density at radius 3 is 2.85 bits per heavy atom. The Morgan fingerprint density at radius 1 is 1.30 bits per heavy atom. The summed E-state index contributed by atoms with van der Waals surface area (Å²) in [7, 11) is 1.36. The van der Waals surface area contributed by atoms with Crippen LogP contribution in [-0.4, -0.2) is 47.7 Å². The molecule has 3 atom stereocenters. The number of likely N-dealkylation sites (tertiary alicyclic amines) is 1. The van der Waals surface area contributed by atoms with Gasteiger partial charge in [0.2, 0.25) is 5.91 Å². The lowest BCUT2D eigenvalue weighted by Gasteiger charge is -2.21. The van der Waals surface area contributed by atoms with Gasteiger partial charge in [0.1, 0.15) is 4.88 Å². The van der Waals surface area contributed by atoms with Gasteiger partial charge in [0.15, 0.2) is 0 Å². The Kier molecular flexibility index (Phi) is 9.05. The van der Waals surface area contributed by atoms with Crippen LogP contribution in [-0.2, 0) is 9.53 Å². The molecule has 0 spiro atoms. The van der Waals surface area contributed by atoms with Crippen LogP contribution in [0.3, 0.4) is 0 Å². The van der Waals surface area contributed by atoms with Crippen molar-refractivity contribution >= 4 is 29.3 Å². The summed E-state index contributed by atoms with van der Waals surface area (Å²) in [6, 6.07) is 13.3. The summed E-state index contributed by atoms with van der Waals surface area (Å²) >= 11 is 1.35. The lowest BCUT2D eigenvalue weighted by Crippen LogP contribution is -2.32. The SMILES string of the molecule is COC(=O)c1ccc(C=CCN2C(=O)CC[C@@H]2/C=C\[C@H](O)[C@@H](C)CC#Cc2ccccc2)s1. The van der Waals surface area contributed by atoms with Gasteiger partial charge in [0.05, 0.1) is 19.3 Å². The third-order valence-electron chi connectivity index (χ3n) is 5.52. The van der Waals surface area contributed by atoms with Crippen LogP contribution < -0.4 is 0 Å². The van der Waals surface area contributed by atoms with Crippen molar-refractivity contribution in [2.24, 2.45) is 5.92 Å². The average molecular weight is 464 g/mol. The maximum absolute atomic E-state index is 12.3. The first-order chi connectivity index (χ1) is 16.0. The Labute approximate surface area is 199 Å². The molecular formula is C27H29NO4S. The number of ether oxygens (including phenoxy) is 1. The number of amides is 1. The number of thiophene rings is 1. The van der Waals surface area contributed by atoms with Gasteiger partial charge in [-0.25, -0.2) is 4.79 Å². The molecule has 1 aromatic carbocycles. The highest BCUT2D eigenvalue weighted by molar-refractivity contribution is 7.14. The van der Waals surface area contributed by atoms with Gasteiger partial charge in [-0.15, -0.1) is 11.3 Å². The smallest absolute Gasteiger partial charge is 0.348 e. The molecule has 1 aliphatic heterocycles. The van der Waals surface area contributed by atoms with E-state index in [1.165, 1.54) is 18.4 Å². The van der Waals surface area contributed by atoms with Crippen molar-refractivity contribution in [2.75, 3.05) is 13.7 Å². The zero-order valence-electron chi connectivity index (χ0n) is 18.9. The van der Waals surface area contributed by atoms with Crippen molar-refractivity contribution in [3.63, 3.8) is 0 Å². The van der Waals surface area contributed by atoms with Gasteiger partial charge in [-0.3, -0.25) is 4.79 Å². The average Bonchev–Trinajstić information content (AvgIpc) is 3.44. The molecule has 5 nitrogen and oxygen atoms in total. The Hall–Kier alpha value is -3.14. The maximum atomic E-state index is 12.3. The highest BCUT2D eigenvalue weighted by atomic mass is 32.1. The molecule has 1 aromatic heterocycles. The standard InChI is InChI=1S/C27H29NO4S/c1-20(8-6-11-21-9-4-3-5-10-21)24(29)16-13-22-14-18-26(30)28(22)19-7-12-23-15-17-25(33-23)27(31)32-2/h3-5,7,9-10,12-13,15-17,20,22,24,29H,8,14,18-19H2,1-2H3/b12-7?,16-13-/t20-,22-,24-/m0/s1. The van der Waals surface area contributed by atoms with Crippen molar-refractivity contribution < 1.29 is 19.4 Å². The van der Waals surface area contributed by atoms with E-state index in [9.17, 15) is 14.7 Å². The van der Waals surface area contributed by atoms with Crippen LogP contribution in [0.15, 0.2) is 60.7 Å². The summed E-state index contributed by atoms with van der Waals surface area (Å²) < 4.78 is 4.73. The number of aliphatic hydroxyl groups excluding tert-OH is 1. The van der Waals surface area contributed by atoms with Gasteiger partial charge in [-0.1, -0.05) is 55.2 Å². The zero-order chi connectivity index (χ0) is 23.6. The van der Waals surface area contributed by atoms with Crippen molar-refractivity contribution in [1.82, 2.24) is 4.90 Å². The number of hydrogen-bond donors (Lipinski definition) is 1. The fourth-order valence-electron chi connectivity index (χ4n) is 3.52. The van der Waals surface area contributed by atoms with E-state index in [-0.39, 0.29) is 23.8 Å². The second-order valence-electron chi connectivity index (χ2n) is 7.97. The first-order valence-electron chi connectivity index (χ1n) is 11.0. The fourth-order valence-corrected chi connectivity index (χ4v) is 4.37. The number of carbonyl (C=O) groups is 2. The van der Waals surface area contributed by atoms with E-state index < -0.39 is 6.10 Å². The fraction of sp³-hybridized carbons (Fsp3) is 0.333. The molecule has 0 radical (unpaired) electrons. The van der Waals surface area contributed by atoms with E-state index >= 15 is 0 Å². The monoisotopic (exact) mass is 463 g/mol. The highest BCUT2D eigenvalue weighted by Gasteiger charge is 2.28. The van der Waals surface area contributed by atoms with Crippen molar-refractivity contribution in [3.05, 3.63) is 76.0 Å². The van der Waals surface area contributed by atoms with Crippen LogP contribution >= 0.6 is 11.3 Å². The van der Waals surface area contributed by atoms with Crippen LogP contribution in [0.2, 0.25) is 0 Å². The van der Waals surface area contributed by atoms with E-state index in [0.29, 0.717) is 24.3 Å². The lowest BCUT2D eigenvalue weighted by atomic mass is 9.99. The van der Waals surface area contributed by atoms with Crippen LogP contribution in [0.25, 0.3) is 6.08 Å². The molecule has 0 bridgehead atoms. The molecule has 1 fully saturated rings. The minimum absolute atomic E-state index is 0.00857. The molecule has 1 N–H and O–H groups in total. The van der Waals surface area contributed by atoms with Gasteiger partial charge in [0.25, 0.3) is 0 Å². The summed E-state index contributed by atoms with van der Waals surface area (Å²) in [6.07, 6.45) is 8.77. The number of aliphatic hydroxyl groups is 1. The minimum Gasteiger partial charge on any atom is -0.465 e. The Balaban J connectivity index is 1.52. The molecule has 1 aliphatic rings. The van der Waals surface area contributed by atoms with Gasteiger partial charge < -0.3 is 14.7 Å². The Morgan fingerprint density at radius 2 is 2.09 bits per heavy atom. The molecule has 0 aliphatic carbocycles. The van der Waals surface area contributed by atoms with Crippen LogP contribution in [0.1, 0.15) is 46.3 Å². The third kappa shape index (κ3) is 7.18. The summed E-state index contributed by atoms with van der Waals surface area (Å²) in [5.41, 5.74) is 0.965. The lowest BCUT2D eigenvalue weighted by molar-refractivity contribution is -0.127. The van der Waals surface area contributed by atoms with Gasteiger partial charge in [-0.2, -0.15) is 0 Å². The molecule has 2 aromatic rings. The van der Waals surface area contributed by atoms with Gasteiger partial charge in [-0.05, 0) is 42.7 Å². The number of benzene rings is 1. The second kappa shape index (κ2) is 12.2. The molecule has 6 heteroatoms. The highest BCUT2D eigenvalue weighted by Crippen LogP contribution is 2.22. The summed E-state index contributed by atoms with van der Waals surface area (Å²) in [6.45, 7) is 2.45. The quantitative estimate of drug-likeness (QED) is 0.355. The molecular weight excluding hydrogens is 434 g/mol. The normalized spacial score (nSPS) is 17.8. The molecule has 3 rings (SSSR count). The predicted octanol–water partition coefficient (Wildman–Crippen LogP) is 4.53. The van der Waals surface area contributed by atoms with E-state index in [1.807, 2.05) is 66.4 Å². The first kappa shape index (κ1) is 24.5. The first-order valence-corrected chi connectivity index (χ1v) is 11.8. The van der Waals surface area contributed by atoms with E-state index in [2.05, 4.69) is 11.8 Å². The van der Waals surface area contributed by atoms with E-state index in [1.54, 1.807) is 12.1 Å². The summed E-state index contributed by atoms with van der Waals surface area (Å²) in [4.78, 5) is 27.2. The molecule has 0 unspecified atom stereocenters. The van der Waals surface area contributed by atoms with Gasteiger partial charge >= 0.3 is 5.97 Å². The number of carbonyl (C=O) groups excluding carboxylic acids is 2. The number of methoxy groups -OCH3 is 1. The summed E-state index contributed by atoms with van der Waals surface area (Å²) in [5, 5.41) is 10.5. The molecule has 0 saturated carbocycles. The zero-order valence-corrected chi connectivity index (χ0v) is 19.8. The molecule has 1 amide bonds. The van der Waals surface area contributed by atoms with Crippen LogP contribution in [0.5, 0.6) is 0 Å². The van der Waals surface area contributed by atoms with Crippen molar-refractivity contribution in [3.8, 4) is 11.8 Å². The molecule has 172 valence electrons. The second-order valence-corrected chi connectivity index (χ2v) is 9.09. The van der Waals surface area contributed by atoms with Crippen molar-refractivity contribution in [1.29, 1.82) is 0 Å². The van der Waals surface area contributed by atoms with Crippen LogP contribution in [0.4, 0.5) is 0 Å². The topological polar surface area (TPSA) is 66.8 Å². The van der Waals surface area contributed by atoms with Crippen molar-refractivity contribution in [2.45, 2.75) is 38.3 Å². The van der Waals surface area contributed by atoms with Crippen LogP contribution in [0, 0.1) is 17.8 Å². The molecule has 33 heavy (non-hydrogen) atoms. The third-order valence-corrected chi connectivity index (χ3v) is 6.55. The molecule has 1 saturated heterocycles. The van der Waals surface area contributed by atoms with E-state index in [0.717, 1.165) is 16.9 Å². The maximum Gasteiger partial charge on any atom is 0.348 e. The number of rotatable bonds is 8. The number of esters is 1. The Bertz CT molecular complexity index is 1060.